The lowest BCUT2D eigenvalue weighted by molar-refractivity contribution is 0.0375. The average molecular weight is 289 g/mol. The van der Waals surface area contributed by atoms with Gasteiger partial charge in [0, 0.05) is 29.9 Å². The monoisotopic (exact) mass is 289 g/mol. The summed E-state index contributed by atoms with van der Waals surface area (Å²) in [6, 6.07) is 6.71. The Bertz CT molecular complexity index is 418. The van der Waals surface area contributed by atoms with Gasteiger partial charge in [-0.3, -0.25) is 4.98 Å². The third-order valence-corrected chi connectivity index (χ3v) is 5.14. The molecule has 1 aliphatic rings. The third kappa shape index (κ3) is 3.83. The molecule has 1 aliphatic carbocycles. The minimum atomic E-state index is 0.255. The Morgan fingerprint density at radius 1 is 1.43 bits per heavy atom. The van der Waals surface area contributed by atoms with Crippen LogP contribution in [-0.2, 0) is 6.42 Å². The standard InChI is InChI=1S/C18H31N3/c1-5-19-17(13-16-10-6-7-12-20-16)18(21(3)4)11-8-9-15(2)14-18/h6-7,10,12,15,17,19H,5,8-9,11,13-14H2,1-4H3. The van der Waals surface area contributed by atoms with Crippen LogP contribution in [0.15, 0.2) is 24.4 Å². The molecule has 21 heavy (non-hydrogen) atoms. The van der Waals surface area contributed by atoms with E-state index < -0.39 is 0 Å². The molecule has 3 unspecified atom stereocenters. The minimum absolute atomic E-state index is 0.255. The van der Waals surface area contributed by atoms with Gasteiger partial charge in [-0.05, 0) is 51.5 Å². The molecule has 1 aromatic rings. The maximum atomic E-state index is 4.55. The van der Waals surface area contributed by atoms with Crippen LogP contribution in [-0.4, -0.2) is 42.1 Å². The largest absolute Gasteiger partial charge is 0.312 e. The summed E-state index contributed by atoms with van der Waals surface area (Å²) in [4.78, 5) is 7.02. The van der Waals surface area contributed by atoms with Crippen LogP contribution in [0.3, 0.4) is 0 Å². The predicted octanol–water partition coefficient (Wildman–Crippen LogP) is 3.11. The summed E-state index contributed by atoms with van der Waals surface area (Å²) in [5, 5.41) is 3.76. The Balaban J connectivity index is 2.24. The fraction of sp³-hybridized carbons (Fsp3) is 0.722. The molecule has 0 bridgehead atoms. The van der Waals surface area contributed by atoms with Crippen LogP contribution in [0.5, 0.6) is 0 Å². The Kier molecular flexibility index (Phi) is 5.77. The second-order valence-corrected chi connectivity index (χ2v) is 6.83. The summed E-state index contributed by atoms with van der Waals surface area (Å²) >= 11 is 0. The third-order valence-electron chi connectivity index (χ3n) is 5.14. The van der Waals surface area contributed by atoms with Crippen molar-refractivity contribution in [2.75, 3.05) is 20.6 Å². The Morgan fingerprint density at radius 2 is 2.24 bits per heavy atom. The Hall–Kier alpha value is -0.930. The summed E-state index contributed by atoms with van der Waals surface area (Å²) in [6.07, 6.45) is 8.20. The van der Waals surface area contributed by atoms with Crippen molar-refractivity contribution >= 4 is 0 Å². The van der Waals surface area contributed by atoms with Crippen molar-refractivity contribution in [1.29, 1.82) is 0 Å². The van der Waals surface area contributed by atoms with E-state index in [1.165, 1.54) is 31.4 Å². The fourth-order valence-electron chi connectivity index (χ4n) is 4.03. The first-order valence-corrected chi connectivity index (χ1v) is 8.39. The van der Waals surface area contributed by atoms with Crippen LogP contribution >= 0.6 is 0 Å². The van der Waals surface area contributed by atoms with Crippen molar-refractivity contribution in [3.05, 3.63) is 30.1 Å². The molecule has 1 saturated carbocycles. The predicted molar refractivity (Wildman–Crippen MR) is 89.5 cm³/mol. The zero-order valence-corrected chi connectivity index (χ0v) is 14.1. The molecule has 3 nitrogen and oxygen atoms in total. The highest BCUT2D eigenvalue weighted by Crippen LogP contribution is 2.39. The summed E-state index contributed by atoms with van der Waals surface area (Å²) in [5.41, 5.74) is 1.45. The molecule has 2 rings (SSSR count). The van der Waals surface area contributed by atoms with E-state index in [1.807, 2.05) is 12.3 Å². The zero-order valence-electron chi connectivity index (χ0n) is 14.1. The number of likely N-dealkylation sites (N-methyl/N-ethyl adjacent to an activating group) is 2. The van der Waals surface area contributed by atoms with Gasteiger partial charge in [-0.2, -0.15) is 0 Å². The molecule has 0 spiro atoms. The van der Waals surface area contributed by atoms with Gasteiger partial charge in [0.25, 0.3) is 0 Å². The van der Waals surface area contributed by atoms with Crippen LogP contribution in [0.2, 0.25) is 0 Å². The highest BCUT2D eigenvalue weighted by molar-refractivity contribution is 5.11. The van der Waals surface area contributed by atoms with Crippen molar-refractivity contribution in [1.82, 2.24) is 15.2 Å². The van der Waals surface area contributed by atoms with Gasteiger partial charge in [0.2, 0.25) is 0 Å². The van der Waals surface area contributed by atoms with E-state index in [9.17, 15) is 0 Å². The first kappa shape index (κ1) is 16.4. The lowest BCUT2D eigenvalue weighted by atomic mass is 9.70. The molecular weight excluding hydrogens is 258 g/mol. The molecule has 0 aliphatic heterocycles. The van der Waals surface area contributed by atoms with Gasteiger partial charge in [0.15, 0.2) is 0 Å². The van der Waals surface area contributed by atoms with Gasteiger partial charge in [-0.1, -0.05) is 32.8 Å². The van der Waals surface area contributed by atoms with E-state index in [0.29, 0.717) is 6.04 Å². The van der Waals surface area contributed by atoms with E-state index in [1.54, 1.807) is 0 Å². The molecule has 0 amide bonds. The second-order valence-electron chi connectivity index (χ2n) is 6.83. The zero-order chi connectivity index (χ0) is 15.3. The quantitative estimate of drug-likeness (QED) is 0.872. The van der Waals surface area contributed by atoms with E-state index in [2.05, 4.69) is 55.3 Å². The number of nitrogens with one attached hydrogen (secondary N) is 1. The van der Waals surface area contributed by atoms with Crippen molar-refractivity contribution in [2.45, 2.75) is 57.5 Å². The first-order valence-electron chi connectivity index (χ1n) is 8.39. The van der Waals surface area contributed by atoms with Crippen LogP contribution in [0, 0.1) is 5.92 Å². The molecule has 3 atom stereocenters. The van der Waals surface area contributed by atoms with E-state index in [4.69, 9.17) is 0 Å². The van der Waals surface area contributed by atoms with Crippen molar-refractivity contribution < 1.29 is 0 Å². The van der Waals surface area contributed by atoms with Crippen LogP contribution in [0.1, 0.15) is 45.2 Å². The highest BCUT2D eigenvalue weighted by Gasteiger charge is 2.43. The molecule has 1 fully saturated rings. The number of aromatic nitrogens is 1. The summed E-state index contributed by atoms with van der Waals surface area (Å²) in [6.45, 7) is 5.63. The van der Waals surface area contributed by atoms with Crippen LogP contribution in [0.4, 0.5) is 0 Å². The lowest BCUT2D eigenvalue weighted by Gasteiger charge is -2.50. The Morgan fingerprint density at radius 3 is 2.81 bits per heavy atom. The highest BCUT2D eigenvalue weighted by atomic mass is 15.2. The SMILES string of the molecule is CCNC(Cc1ccccn1)C1(N(C)C)CCCC(C)C1. The molecule has 118 valence electrons. The summed E-state index contributed by atoms with van der Waals surface area (Å²) < 4.78 is 0. The van der Waals surface area contributed by atoms with Crippen LogP contribution < -0.4 is 5.32 Å². The molecule has 0 aromatic carbocycles. The normalized spacial score (nSPS) is 27.8. The smallest absolute Gasteiger partial charge is 0.0419 e. The number of pyridine rings is 1. The van der Waals surface area contributed by atoms with E-state index >= 15 is 0 Å². The van der Waals surface area contributed by atoms with Crippen molar-refractivity contribution in [3.63, 3.8) is 0 Å². The maximum absolute atomic E-state index is 4.55. The maximum Gasteiger partial charge on any atom is 0.0419 e. The van der Waals surface area contributed by atoms with Gasteiger partial charge < -0.3 is 10.2 Å². The molecule has 1 aromatic heterocycles. The topological polar surface area (TPSA) is 28.2 Å². The van der Waals surface area contributed by atoms with Gasteiger partial charge in [0.1, 0.15) is 0 Å². The Labute approximate surface area is 130 Å². The number of nitrogens with zero attached hydrogens (tertiary/aromatic N) is 2. The molecule has 3 heteroatoms. The van der Waals surface area contributed by atoms with E-state index in [0.717, 1.165) is 18.9 Å². The summed E-state index contributed by atoms with van der Waals surface area (Å²) in [7, 11) is 4.50. The van der Waals surface area contributed by atoms with Crippen LogP contribution in [0.25, 0.3) is 0 Å². The van der Waals surface area contributed by atoms with Gasteiger partial charge in [-0.25, -0.2) is 0 Å². The molecule has 1 N–H and O–H groups in total. The van der Waals surface area contributed by atoms with E-state index in [-0.39, 0.29) is 5.54 Å². The fourth-order valence-corrected chi connectivity index (χ4v) is 4.03. The van der Waals surface area contributed by atoms with Gasteiger partial charge in [-0.15, -0.1) is 0 Å². The number of hydrogen-bond acceptors (Lipinski definition) is 3. The van der Waals surface area contributed by atoms with Crippen molar-refractivity contribution in [3.8, 4) is 0 Å². The van der Waals surface area contributed by atoms with Gasteiger partial charge in [0.05, 0.1) is 0 Å². The second kappa shape index (κ2) is 7.37. The number of hydrogen-bond donors (Lipinski definition) is 1. The average Bonchev–Trinajstić information content (AvgIpc) is 2.47. The van der Waals surface area contributed by atoms with Crippen molar-refractivity contribution in [2.24, 2.45) is 5.92 Å². The molecular formula is C18H31N3. The first-order chi connectivity index (χ1) is 10.1. The molecule has 1 heterocycles. The molecule has 0 saturated heterocycles. The summed E-state index contributed by atoms with van der Waals surface area (Å²) in [5.74, 6) is 0.811. The molecule has 0 radical (unpaired) electrons. The minimum Gasteiger partial charge on any atom is -0.312 e. The van der Waals surface area contributed by atoms with Gasteiger partial charge >= 0.3 is 0 Å². The number of rotatable bonds is 6. The lowest BCUT2D eigenvalue weighted by Crippen LogP contribution is -2.61.